The molecule has 7 nitrogen and oxygen atoms in total. The Bertz CT molecular complexity index is 1250. The fourth-order valence-corrected chi connectivity index (χ4v) is 6.07. The number of ether oxygens (including phenoxy) is 1. The molecular formula is C25H30N6OS. The topological polar surface area (TPSA) is 60.5 Å². The molecule has 2 saturated heterocycles. The van der Waals surface area contributed by atoms with E-state index in [9.17, 15) is 0 Å². The molecule has 0 saturated carbocycles. The van der Waals surface area contributed by atoms with Crippen molar-refractivity contribution in [3.05, 3.63) is 41.4 Å². The highest BCUT2D eigenvalue weighted by molar-refractivity contribution is 7.19. The largest absolute Gasteiger partial charge is 0.378 e. The molecule has 1 aromatic carbocycles. The predicted octanol–water partition coefficient (Wildman–Crippen LogP) is 3.81. The summed E-state index contributed by atoms with van der Waals surface area (Å²) in [6.07, 6.45) is 1.98. The number of aromatic amines is 1. The average molecular weight is 463 g/mol. The normalized spacial score (nSPS) is 18.5. The van der Waals surface area contributed by atoms with E-state index in [1.54, 1.807) is 0 Å². The van der Waals surface area contributed by atoms with Crippen molar-refractivity contribution in [2.75, 3.05) is 63.9 Å². The molecular weight excluding hydrogens is 432 g/mol. The number of anilines is 1. The molecule has 0 bridgehead atoms. The lowest BCUT2D eigenvalue weighted by Gasteiger charge is -2.33. The molecule has 4 aromatic rings. The van der Waals surface area contributed by atoms with Gasteiger partial charge >= 0.3 is 0 Å². The Morgan fingerprint density at radius 1 is 1.00 bits per heavy atom. The summed E-state index contributed by atoms with van der Waals surface area (Å²) < 4.78 is 6.82. The summed E-state index contributed by atoms with van der Waals surface area (Å²) in [6.45, 7) is 12.2. The van der Waals surface area contributed by atoms with Crippen LogP contribution in [0.25, 0.3) is 32.5 Å². The van der Waals surface area contributed by atoms with Gasteiger partial charge in [-0.3, -0.25) is 4.90 Å². The number of benzene rings is 1. The molecule has 2 fully saturated rings. The van der Waals surface area contributed by atoms with E-state index in [1.807, 2.05) is 17.5 Å². The quantitative estimate of drug-likeness (QED) is 0.487. The molecule has 8 heteroatoms. The molecule has 0 aliphatic carbocycles. The van der Waals surface area contributed by atoms with Crippen molar-refractivity contribution >= 4 is 38.3 Å². The fourth-order valence-electron chi connectivity index (χ4n) is 4.92. The standard InChI is InChI=1S/C25H30N6OS/c1-2-29-8-10-30(11-9-29)17-18-16-22-23(33-18)25(31-12-14-32-15-13-31)28-24(27-22)20-4-3-5-21-19(20)6-7-26-21/h3-7,16,26H,2,8-15,17H2,1H3. The second-order valence-electron chi connectivity index (χ2n) is 8.85. The maximum absolute atomic E-state index is 5.62. The van der Waals surface area contributed by atoms with Gasteiger partial charge in [-0.25, -0.2) is 9.97 Å². The number of likely N-dealkylation sites (N-methyl/N-ethyl adjacent to an activating group) is 1. The summed E-state index contributed by atoms with van der Waals surface area (Å²) in [4.78, 5) is 22.4. The number of hydrogen-bond donors (Lipinski definition) is 1. The third kappa shape index (κ3) is 4.12. The van der Waals surface area contributed by atoms with Crippen LogP contribution in [0.3, 0.4) is 0 Å². The van der Waals surface area contributed by atoms with Crippen molar-refractivity contribution in [1.29, 1.82) is 0 Å². The van der Waals surface area contributed by atoms with Crippen LogP contribution in [0.15, 0.2) is 36.5 Å². The lowest BCUT2D eigenvalue weighted by molar-refractivity contribution is 0.122. The Morgan fingerprint density at radius 2 is 1.82 bits per heavy atom. The first kappa shape index (κ1) is 21.0. The van der Waals surface area contributed by atoms with E-state index >= 15 is 0 Å². The minimum Gasteiger partial charge on any atom is -0.378 e. The zero-order valence-electron chi connectivity index (χ0n) is 19.1. The van der Waals surface area contributed by atoms with Gasteiger partial charge in [-0.05, 0) is 24.7 Å². The first-order valence-corrected chi connectivity index (χ1v) is 12.7. The van der Waals surface area contributed by atoms with Crippen molar-refractivity contribution < 1.29 is 4.74 Å². The molecule has 6 rings (SSSR count). The van der Waals surface area contributed by atoms with Crippen LogP contribution in [0.5, 0.6) is 0 Å². The molecule has 0 unspecified atom stereocenters. The Kier molecular flexibility index (Phi) is 5.75. The van der Waals surface area contributed by atoms with Gasteiger partial charge in [0.25, 0.3) is 0 Å². The van der Waals surface area contributed by atoms with Crippen LogP contribution in [0.1, 0.15) is 11.8 Å². The van der Waals surface area contributed by atoms with E-state index in [4.69, 9.17) is 14.7 Å². The molecule has 5 heterocycles. The number of nitrogens with zero attached hydrogens (tertiary/aromatic N) is 5. The molecule has 0 amide bonds. The zero-order chi connectivity index (χ0) is 22.2. The zero-order valence-corrected chi connectivity index (χ0v) is 19.9. The lowest BCUT2D eigenvalue weighted by atomic mass is 10.1. The second kappa shape index (κ2) is 9.02. The number of morpholine rings is 1. The van der Waals surface area contributed by atoms with E-state index in [-0.39, 0.29) is 0 Å². The molecule has 2 aliphatic heterocycles. The Hall–Kier alpha value is -2.52. The summed E-state index contributed by atoms with van der Waals surface area (Å²) >= 11 is 1.86. The molecule has 0 radical (unpaired) electrons. The van der Waals surface area contributed by atoms with E-state index < -0.39 is 0 Å². The van der Waals surface area contributed by atoms with Crippen LogP contribution < -0.4 is 4.90 Å². The fraction of sp³-hybridized carbons (Fsp3) is 0.440. The number of piperazine rings is 1. The van der Waals surface area contributed by atoms with E-state index in [0.29, 0.717) is 0 Å². The van der Waals surface area contributed by atoms with Gasteiger partial charge in [0.15, 0.2) is 11.6 Å². The summed E-state index contributed by atoms with van der Waals surface area (Å²) in [7, 11) is 0. The van der Waals surface area contributed by atoms with Crippen LogP contribution in [0, 0.1) is 0 Å². The number of thiophene rings is 1. The highest BCUT2D eigenvalue weighted by atomic mass is 32.1. The molecule has 0 atom stereocenters. The van der Waals surface area contributed by atoms with E-state index in [0.717, 1.165) is 99.2 Å². The molecule has 0 spiro atoms. The van der Waals surface area contributed by atoms with Gasteiger partial charge < -0.3 is 19.5 Å². The summed E-state index contributed by atoms with van der Waals surface area (Å²) in [5.74, 6) is 1.85. The second-order valence-corrected chi connectivity index (χ2v) is 9.99. The van der Waals surface area contributed by atoms with Crippen LogP contribution in [-0.4, -0.2) is 83.8 Å². The highest BCUT2D eigenvalue weighted by Gasteiger charge is 2.22. The van der Waals surface area contributed by atoms with E-state index in [2.05, 4.69) is 56.9 Å². The van der Waals surface area contributed by atoms with Crippen LogP contribution in [0.4, 0.5) is 5.82 Å². The summed E-state index contributed by atoms with van der Waals surface area (Å²) in [5.41, 5.74) is 3.25. The van der Waals surface area contributed by atoms with Gasteiger partial charge in [0.1, 0.15) is 0 Å². The number of nitrogens with one attached hydrogen (secondary N) is 1. The van der Waals surface area contributed by atoms with Gasteiger partial charge in [0.05, 0.1) is 23.4 Å². The lowest BCUT2D eigenvalue weighted by Crippen LogP contribution is -2.45. The van der Waals surface area contributed by atoms with Gasteiger partial charge in [0.2, 0.25) is 0 Å². The Balaban J connectivity index is 1.39. The average Bonchev–Trinajstić information content (AvgIpc) is 3.51. The number of hydrogen-bond acceptors (Lipinski definition) is 7. The van der Waals surface area contributed by atoms with Crippen molar-refractivity contribution in [3.63, 3.8) is 0 Å². The van der Waals surface area contributed by atoms with Crippen LogP contribution >= 0.6 is 11.3 Å². The highest BCUT2D eigenvalue weighted by Crippen LogP contribution is 2.36. The minimum atomic E-state index is 0.744. The number of rotatable bonds is 5. The monoisotopic (exact) mass is 462 g/mol. The van der Waals surface area contributed by atoms with Crippen molar-refractivity contribution in [3.8, 4) is 11.4 Å². The summed E-state index contributed by atoms with van der Waals surface area (Å²) in [6, 6.07) is 10.7. The molecule has 3 aromatic heterocycles. The maximum atomic E-state index is 5.62. The Morgan fingerprint density at radius 3 is 2.64 bits per heavy atom. The van der Waals surface area contributed by atoms with E-state index in [1.165, 1.54) is 9.58 Å². The van der Waals surface area contributed by atoms with Gasteiger partial charge in [-0.2, -0.15) is 0 Å². The minimum absolute atomic E-state index is 0.744. The number of fused-ring (bicyclic) bond motifs is 2. The van der Waals surface area contributed by atoms with Crippen LogP contribution in [0.2, 0.25) is 0 Å². The van der Waals surface area contributed by atoms with Crippen molar-refractivity contribution in [2.24, 2.45) is 0 Å². The first-order valence-electron chi connectivity index (χ1n) is 11.9. The number of aromatic nitrogens is 3. The molecule has 2 aliphatic rings. The molecule has 1 N–H and O–H groups in total. The first-order chi connectivity index (χ1) is 16.3. The van der Waals surface area contributed by atoms with Crippen LogP contribution in [-0.2, 0) is 11.3 Å². The maximum Gasteiger partial charge on any atom is 0.162 e. The molecule has 172 valence electrons. The van der Waals surface area contributed by atoms with Crippen molar-refractivity contribution in [2.45, 2.75) is 13.5 Å². The van der Waals surface area contributed by atoms with Crippen molar-refractivity contribution in [1.82, 2.24) is 24.8 Å². The SMILES string of the molecule is CCN1CCN(Cc2cc3nc(-c4cccc5[nH]ccc45)nc(N4CCOCC4)c3s2)CC1. The van der Waals surface area contributed by atoms with Gasteiger partial charge in [-0.1, -0.05) is 19.1 Å². The number of H-pyrrole nitrogens is 1. The smallest absolute Gasteiger partial charge is 0.162 e. The Labute approximate surface area is 198 Å². The van der Waals surface area contributed by atoms with Gasteiger partial charge in [-0.15, -0.1) is 11.3 Å². The summed E-state index contributed by atoms with van der Waals surface area (Å²) in [5, 5.41) is 1.16. The van der Waals surface area contributed by atoms with Gasteiger partial charge in [0, 0.05) is 73.4 Å². The molecule has 33 heavy (non-hydrogen) atoms. The third-order valence-electron chi connectivity index (χ3n) is 6.84. The third-order valence-corrected chi connectivity index (χ3v) is 7.95. The predicted molar refractivity (Wildman–Crippen MR) is 135 cm³/mol.